The Kier molecular flexibility index (Phi) is 4.57. The normalized spacial score (nSPS) is 10.3. The van der Waals surface area contributed by atoms with Crippen LogP contribution in [0.4, 0.5) is 0 Å². The Balaban J connectivity index is 1.79. The number of aromatic hydroxyl groups is 1. The number of ether oxygens (including phenoxy) is 1. The van der Waals surface area contributed by atoms with E-state index < -0.39 is 17.4 Å². The molecule has 2 aromatic carbocycles. The molecule has 0 aliphatic rings. The van der Waals surface area contributed by atoms with Crippen molar-refractivity contribution >= 4 is 22.8 Å². The van der Waals surface area contributed by atoms with Gasteiger partial charge in [0.15, 0.2) is 11.3 Å². The molecule has 0 bridgehead atoms. The third-order valence-corrected chi connectivity index (χ3v) is 3.61. The summed E-state index contributed by atoms with van der Waals surface area (Å²) < 4.78 is 10.3. The lowest BCUT2D eigenvalue weighted by Gasteiger charge is -2.08. The van der Waals surface area contributed by atoms with Crippen LogP contribution in [0.25, 0.3) is 11.0 Å². The summed E-state index contributed by atoms with van der Waals surface area (Å²) in [5.74, 6) is -1.05. The van der Waals surface area contributed by atoms with Crippen LogP contribution in [0.3, 0.4) is 0 Å². The Labute approximate surface area is 147 Å². The standard InChI is InChI=1S/C18H14N2O6/c1-25-14-4-2-3-11-9-13(18(24)26-15(11)14)17(23)20-19-16(22)10-5-7-12(21)8-6-10/h2-9,21H,1H3,(H,19,22)(H,20,23). The van der Waals surface area contributed by atoms with Crippen molar-refractivity contribution in [3.63, 3.8) is 0 Å². The van der Waals surface area contributed by atoms with E-state index >= 15 is 0 Å². The molecule has 1 heterocycles. The van der Waals surface area contributed by atoms with Gasteiger partial charge in [0.2, 0.25) is 0 Å². The second-order valence-corrected chi connectivity index (χ2v) is 5.28. The number of phenolic OH excluding ortho intramolecular Hbond substituents is 1. The molecule has 0 spiro atoms. The topological polar surface area (TPSA) is 118 Å². The number of carbonyl (C=O) groups excluding carboxylic acids is 2. The van der Waals surface area contributed by atoms with E-state index in [2.05, 4.69) is 10.9 Å². The average Bonchev–Trinajstić information content (AvgIpc) is 2.65. The van der Waals surface area contributed by atoms with Crippen LogP contribution in [0, 0.1) is 0 Å². The van der Waals surface area contributed by atoms with Gasteiger partial charge in [-0.15, -0.1) is 0 Å². The first-order valence-electron chi connectivity index (χ1n) is 7.50. The highest BCUT2D eigenvalue weighted by Crippen LogP contribution is 2.24. The maximum Gasteiger partial charge on any atom is 0.349 e. The fourth-order valence-electron chi connectivity index (χ4n) is 2.30. The Morgan fingerprint density at radius 2 is 1.73 bits per heavy atom. The highest BCUT2D eigenvalue weighted by Gasteiger charge is 2.16. The van der Waals surface area contributed by atoms with E-state index in [9.17, 15) is 19.5 Å². The number of nitrogens with one attached hydrogen (secondary N) is 2. The fourth-order valence-corrected chi connectivity index (χ4v) is 2.30. The van der Waals surface area contributed by atoms with Crippen molar-refractivity contribution in [2.24, 2.45) is 0 Å². The van der Waals surface area contributed by atoms with Crippen LogP contribution >= 0.6 is 0 Å². The Hall–Kier alpha value is -3.81. The molecule has 0 radical (unpaired) electrons. The molecule has 8 nitrogen and oxygen atoms in total. The molecule has 2 amide bonds. The Morgan fingerprint density at radius 3 is 2.42 bits per heavy atom. The van der Waals surface area contributed by atoms with Gasteiger partial charge in [0, 0.05) is 10.9 Å². The molecular formula is C18H14N2O6. The first-order valence-corrected chi connectivity index (χ1v) is 7.50. The predicted molar refractivity (Wildman–Crippen MR) is 92.1 cm³/mol. The Morgan fingerprint density at radius 1 is 1.04 bits per heavy atom. The predicted octanol–water partition coefficient (Wildman–Crippen LogP) is 1.58. The zero-order valence-corrected chi connectivity index (χ0v) is 13.6. The van der Waals surface area contributed by atoms with Crippen molar-refractivity contribution in [1.29, 1.82) is 0 Å². The second kappa shape index (κ2) is 6.98. The maximum atomic E-state index is 12.2. The van der Waals surface area contributed by atoms with E-state index in [1.165, 1.54) is 37.4 Å². The smallest absolute Gasteiger partial charge is 0.349 e. The van der Waals surface area contributed by atoms with Gasteiger partial charge in [0.05, 0.1) is 7.11 Å². The lowest BCUT2D eigenvalue weighted by Crippen LogP contribution is -2.43. The van der Waals surface area contributed by atoms with Crippen molar-refractivity contribution in [2.75, 3.05) is 7.11 Å². The lowest BCUT2D eigenvalue weighted by atomic mass is 10.1. The molecule has 132 valence electrons. The third kappa shape index (κ3) is 3.34. The molecule has 0 saturated carbocycles. The number of carbonyl (C=O) groups is 2. The van der Waals surface area contributed by atoms with E-state index in [0.29, 0.717) is 11.1 Å². The number of hydrogen-bond donors (Lipinski definition) is 3. The van der Waals surface area contributed by atoms with Crippen molar-refractivity contribution in [2.45, 2.75) is 0 Å². The van der Waals surface area contributed by atoms with Gasteiger partial charge in [-0.05, 0) is 36.4 Å². The minimum absolute atomic E-state index is 0.00906. The molecule has 0 unspecified atom stereocenters. The van der Waals surface area contributed by atoms with Crippen molar-refractivity contribution < 1.29 is 23.8 Å². The lowest BCUT2D eigenvalue weighted by molar-refractivity contribution is 0.0844. The summed E-state index contributed by atoms with van der Waals surface area (Å²) in [5.41, 5.74) is 3.66. The van der Waals surface area contributed by atoms with Gasteiger partial charge in [0.1, 0.15) is 11.3 Å². The summed E-state index contributed by atoms with van der Waals surface area (Å²) >= 11 is 0. The van der Waals surface area contributed by atoms with Crippen LogP contribution in [0.5, 0.6) is 11.5 Å². The molecule has 3 aromatic rings. The molecule has 8 heteroatoms. The van der Waals surface area contributed by atoms with Gasteiger partial charge in [-0.25, -0.2) is 4.79 Å². The second-order valence-electron chi connectivity index (χ2n) is 5.28. The number of benzene rings is 2. The molecule has 1 aromatic heterocycles. The van der Waals surface area contributed by atoms with E-state index in [0.717, 1.165) is 0 Å². The van der Waals surface area contributed by atoms with Gasteiger partial charge in [-0.1, -0.05) is 12.1 Å². The van der Waals surface area contributed by atoms with Gasteiger partial charge < -0.3 is 14.3 Å². The minimum Gasteiger partial charge on any atom is -0.508 e. The number of fused-ring (bicyclic) bond motifs is 1. The largest absolute Gasteiger partial charge is 0.508 e. The van der Waals surface area contributed by atoms with E-state index in [1.807, 2.05) is 0 Å². The summed E-state index contributed by atoms with van der Waals surface area (Å²) in [6.07, 6.45) is 0. The first kappa shape index (κ1) is 17.0. The van der Waals surface area contributed by atoms with Crippen molar-refractivity contribution in [3.05, 3.63) is 70.1 Å². The van der Waals surface area contributed by atoms with Crippen molar-refractivity contribution in [3.8, 4) is 11.5 Å². The molecule has 0 saturated heterocycles. The SMILES string of the molecule is COc1cccc2cc(C(=O)NNC(=O)c3ccc(O)cc3)c(=O)oc12. The van der Waals surface area contributed by atoms with Crippen molar-refractivity contribution in [1.82, 2.24) is 10.9 Å². The number of hydrazine groups is 1. The highest BCUT2D eigenvalue weighted by atomic mass is 16.5. The number of amides is 2. The number of hydrogen-bond acceptors (Lipinski definition) is 6. The zero-order chi connectivity index (χ0) is 18.7. The van der Waals surface area contributed by atoms with Crippen LogP contribution in [-0.4, -0.2) is 24.0 Å². The van der Waals surface area contributed by atoms with E-state index in [4.69, 9.17) is 9.15 Å². The molecule has 0 atom stereocenters. The molecule has 0 aliphatic heterocycles. The molecule has 0 aliphatic carbocycles. The van der Waals surface area contributed by atoms with Crippen LogP contribution < -0.4 is 21.2 Å². The quantitative estimate of drug-likeness (QED) is 0.485. The first-order chi connectivity index (χ1) is 12.5. The summed E-state index contributed by atoms with van der Waals surface area (Å²) in [4.78, 5) is 36.2. The number of rotatable bonds is 3. The van der Waals surface area contributed by atoms with Crippen LogP contribution in [0.2, 0.25) is 0 Å². The maximum absolute atomic E-state index is 12.2. The van der Waals surface area contributed by atoms with Crippen LogP contribution in [-0.2, 0) is 0 Å². The van der Waals surface area contributed by atoms with E-state index in [-0.39, 0.29) is 22.5 Å². The molecular weight excluding hydrogens is 340 g/mol. The van der Waals surface area contributed by atoms with Gasteiger partial charge >= 0.3 is 5.63 Å². The number of phenols is 1. The molecule has 3 rings (SSSR count). The summed E-state index contributed by atoms with van der Waals surface area (Å²) in [7, 11) is 1.44. The number of para-hydroxylation sites is 1. The van der Waals surface area contributed by atoms with Gasteiger partial charge in [-0.2, -0.15) is 0 Å². The highest BCUT2D eigenvalue weighted by molar-refractivity contribution is 6.00. The molecule has 0 fully saturated rings. The molecule has 26 heavy (non-hydrogen) atoms. The Bertz CT molecular complexity index is 1040. The average molecular weight is 354 g/mol. The van der Waals surface area contributed by atoms with Crippen LogP contribution in [0.1, 0.15) is 20.7 Å². The zero-order valence-electron chi connectivity index (χ0n) is 13.6. The van der Waals surface area contributed by atoms with E-state index in [1.54, 1.807) is 18.2 Å². The number of methoxy groups -OCH3 is 1. The van der Waals surface area contributed by atoms with Gasteiger partial charge in [-0.3, -0.25) is 20.4 Å². The molecule has 3 N–H and O–H groups in total. The van der Waals surface area contributed by atoms with Crippen LogP contribution in [0.15, 0.2) is 57.7 Å². The van der Waals surface area contributed by atoms with Gasteiger partial charge in [0.25, 0.3) is 11.8 Å². The third-order valence-electron chi connectivity index (χ3n) is 3.61. The summed E-state index contributed by atoms with van der Waals surface area (Å²) in [6, 6.07) is 11.8. The minimum atomic E-state index is -0.863. The summed E-state index contributed by atoms with van der Waals surface area (Å²) in [6.45, 7) is 0. The summed E-state index contributed by atoms with van der Waals surface area (Å²) in [5, 5.41) is 9.70. The monoisotopic (exact) mass is 354 g/mol. The fraction of sp³-hybridized carbons (Fsp3) is 0.0556.